The summed E-state index contributed by atoms with van der Waals surface area (Å²) in [4.78, 5) is 27.2. The van der Waals surface area contributed by atoms with E-state index in [-0.39, 0.29) is 12.5 Å². The van der Waals surface area contributed by atoms with E-state index in [1.165, 1.54) is 11.9 Å². The van der Waals surface area contributed by atoms with E-state index in [4.69, 9.17) is 11.6 Å². The Kier molecular flexibility index (Phi) is 8.90. The van der Waals surface area contributed by atoms with Crippen LogP contribution < -0.4 is 9.62 Å². The van der Waals surface area contributed by atoms with E-state index in [1.54, 1.807) is 55.5 Å². The normalized spacial score (nSPS) is 12.2. The summed E-state index contributed by atoms with van der Waals surface area (Å²) >= 11 is 9.28. The first-order valence-corrected chi connectivity index (χ1v) is 12.6. The van der Waals surface area contributed by atoms with Crippen LogP contribution in [0.5, 0.6) is 0 Å². The number of nitrogens with zero attached hydrogens (tertiary/aromatic N) is 2. The number of anilines is 1. The summed E-state index contributed by atoms with van der Waals surface area (Å²) in [5.74, 6) is -0.811. The number of hydrogen-bond acceptors (Lipinski definition) is 4. The van der Waals surface area contributed by atoms with Gasteiger partial charge in [0.25, 0.3) is 0 Å². The molecule has 0 saturated carbocycles. The van der Waals surface area contributed by atoms with Gasteiger partial charge < -0.3 is 10.2 Å². The summed E-state index contributed by atoms with van der Waals surface area (Å²) in [6.07, 6.45) is 1.41. The minimum atomic E-state index is -3.75. The SMILES string of the molecule is CCC(C(=O)NC)N(Cc1ccc(Cl)cc1)C(=O)CN(c1cccc(Br)c1)S(C)(=O)=O. The lowest BCUT2D eigenvalue weighted by Crippen LogP contribution is -2.51. The first kappa shape index (κ1) is 25.2. The number of halogens is 2. The van der Waals surface area contributed by atoms with E-state index in [1.807, 2.05) is 0 Å². The zero-order chi connectivity index (χ0) is 23.2. The molecule has 0 heterocycles. The number of carbonyl (C=O) groups is 2. The van der Waals surface area contributed by atoms with Crippen molar-refractivity contribution in [1.82, 2.24) is 10.2 Å². The second kappa shape index (κ2) is 11.0. The Bertz CT molecular complexity index is 1030. The second-order valence-corrected chi connectivity index (χ2v) is 10.2. The van der Waals surface area contributed by atoms with Gasteiger partial charge in [-0.2, -0.15) is 0 Å². The van der Waals surface area contributed by atoms with Crippen molar-refractivity contribution < 1.29 is 18.0 Å². The van der Waals surface area contributed by atoms with Crippen LogP contribution in [0.2, 0.25) is 5.02 Å². The van der Waals surface area contributed by atoms with Gasteiger partial charge in [-0.1, -0.05) is 52.7 Å². The summed E-state index contributed by atoms with van der Waals surface area (Å²) in [6.45, 7) is 1.50. The number of sulfonamides is 1. The molecule has 0 bridgehead atoms. The average molecular weight is 531 g/mol. The van der Waals surface area contributed by atoms with Crippen LogP contribution in [-0.4, -0.2) is 51.0 Å². The third kappa shape index (κ3) is 6.95. The van der Waals surface area contributed by atoms with Crippen LogP contribution in [0.15, 0.2) is 53.0 Å². The number of rotatable bonds is 9. The van der Waals surface area contributed by atoms with Crippen molar-refractivity contribution in [2.45, 2.75) is 25.9 Å². The lowest BCUT2D eigenvalue weighted by atomic mass is 10.1. The number of amides is 2. The van der Waals surface area contributed by atoms with Crippen molar-refractivity contribution in [2.24, 2.45) is 0 Å². The zero-order valence-electron chi connectivity index (χ0n) is 17.5. The minimum Gasteiger partial charge on any atom is -0.357 e. The number of carbonyl (C=O) groups excluding carboxylic acids is 2. The highest BCUT2D eigenvalue weighted by atomic mass is 79.9. The quantitative estimate of drug-likeness (QED) is 0.538. The molecule has 0 fully saturated rings. The average Bonchev–Trinajstić information content (AvgIpc) is 2.72. The summed E-state index contributed by atoms with van der Waals surface area (Å²) in [5.41, 5.74) is 1.12. The maximum atomic E-state index is 13.4. The molecule has 1 unspecified atom stereocenters. The predicted molar refractivity (Wildman–Crippen MR) is 126 cm³/mol. The first-order valence-electron chi connectivity index (χ1n) is 9.55. The molecular formula is C21H25BrClN3O4S. The molecule has 168 valence electrons. The number of likely N-dealkylation sites (N-methyl/N-ethyl adjacent to an activating group) is 1. The van der Waals surface area contributed by atoms with Crippen LogP contribution >= 0.6 is 27.5 Å². The van der Waals surface area contributed by atoms with Gasteiger partial charge in [0.05, 0.1) is 11.9 Å². The highest BCUT2D eigenvalue weighted by molar-refractivity contribution is 9.10. The molecule has 0 spiro atoms. The molecule has 2 aromatic carbocycles. The van der Waals surface area contributed by atoms with Crippen LogP contribution in [0.1, 0.15) is 18.9 Å². The van der Waals surface area contributed by atoms with Crippen LogP contribution in [-0.2, 0) is 26.2 Å². The fourth-order valence-electron chi connectivity index (χ4n) is 3.12. The molecule has 0 aromatic heterocycles. The fraction of sp³-hybridized carbons (Fsp3) is 0.333. The van der Waals surface area contributed by atoms with Crippen LogP contribution in [0.25, 0.3) is 0 Å². The topological polar surface area (TPSA) is 86.8 Å². The second-order valence-electron chi connectivity index (χ2n) is 6.94. The maximum absolute atomic E-state index is 13.4. The number of hydrogen-bond donors (Lipinski definition) is 1. The van der Waals surface area contributed by atoms with Gasteiger partial charge >= 0.3 is 0 Å². The van der Waals surface area contributed by atoms with Gasteiger partial charge in [-0.25, -0.2) is 8.42 Å². The fourth-order valence-corrected chi connectivity index (χ4v) is 4.47. The summed E-state index contributed by atoms with van der Waals surface area (Å²) in [7, 11) is -2.25. The van der Waals surface area contributed by atoms with Crippen molar-refractivity contribution >= 4 is 55.1 Å². The number of benzene rings is 2. The molecule has 0 saturated heterocycles. The molecule has 7 nitrogen and oxygen atoms in total. The molecule has 2 amide bonds. The monoisotopic (exact) mass is 529 g/mol. The Morgan fingerprint density at radius 1 is 1.16 bits per heavy atom. The van der Waals surface area contributed by atoms with Gasteiger partial charge in [-0.05, 0) is 42.3 Å². The zero-order valence-corrected chi connectivity index (χ0v) is 20.7. The summed E-state index contributed by atoms with van der Waals surface area (Å²) in [6, 6.07) is 12.9. The Balaban J connectivity index is 2.41. The van der Waals surface area contributed by atoms with Gasteiger partial charge in [0, 0.05) is 23.1 Å². The van der Waals surface area contributed by atoms with E-state index in [0.717, 1.165) is 16.1 Å². The molecule has 0 aliphatic rings. The van der Waals surface area contributed by atoms with Crippen LogP contribution in [0.4, 0.5) is 5.69 Å². The lowest BCUT2D eigenvalue weighted by molar-refractivity contribution is -0.140. The van der Waals surface area contributed by atoms with E-state index in [9.17, 15) is 18.0 Å². The van der Waals surface area contributed by atoms with Gasteiger partial charge in [-0.3, -0.25) is 13.9 Å². The van der Waals surface area contributed by atoms with Gasteiger partial charge in [0.1, 0.15) is 12.6 Å². The van der Waals surface area contributed by atoms with Crippen molar-refractivity contribution in [2.75, 3.05) is 24.2 Å². The van der Waals surface area contributed by atoms with E-state index >= 15 is 0 Å². The third-order valence-electron chi connectivity index (χ3n) is 4.67. The molecule has 2 aromatic rings. The van der Waals surface area contributed by atoms with Crippen LogP contribution in [0, 0.1) is 0 Å². The standard InChI is InChI=1S/C21H25BrClN3O4S/c1-4-19(21(28)24-2)25(13-15-8-10-17(23)11-9-15)20(27)14-26(31(3,29)30)18-7-5-6-16(22)12-18/h5-12,19H,4,13-14H2,1-3H3,(H,24,28). The Hall–Kier alpha value is -2.10. The molecule has 1 atom stereocenters. The lowest BCUT2D eigenvalue weighted by Gasteiger charge is -2.32. The number of nitrogens with one attached hydrogen (secondary N) is 1. The molecule has 0 aliphatic carbocycles. The minimum absolute atomic E-state index is 0.137. The van der Waals surface area contributed by atoms with Crippen molar-refractivity contribution in [3.63, 3.8) is 0 Å². The maximum Gasteiger partial charge on any atom is 0.244 e. The Morgan fingerprint density at radius 3 is 2.32 bits per heavy atom. The highest BCUT2D eigenvalue weighted by Crippen LogP contribution is 2.23. The van der Waals surface area contributed by atoms with Gasteiger partial charge in [0.15, 0.2) is 0 Å². The largest absolute Gasteiger partial charge is 0.357 e. The molecule has 31 heavy (non-hydrogen) atoms. The molecule has 0 aliphatic heterocycles. The third-order valence-corrected chi connectivity index (χ3v) is 6.56. The molecule has 10 heteroatoms. The highest BCUT2D eigenvalue weighted by Gasteiger charge is 2.31. The molecule has 2 rings (SSSR count). The predicted octanol–water partition coefficient (Wildman–Crippen LogP) is 3.42. The Morgan fingerprint density at radius 2 is 1.81 bits per heavy atom. The summed E-state index contributed by atoms with van der Waals surface area (Å²) < 4.78 is 26.7. The van der Waals surface area contributed by atoms with Gasteiger partial charge in [0.2, 0.25) is 21.8 Å². The van der Waals surface area contributed by atoms with E-state index in [2.05, 4.69) is 21.2 Å². The van der Waals surface area contributed by atoms with E-state index < -0.39 is 28.5 Å². The summed E-state index contributed by atoms with van der Waals surface area (Å²) in [5, 5.41) is 3.13. The van der Waals surface area contributed by atoms with Crippen LogP contribution in [0.3, 0.4) is 0 Å². The Labute approximate surface area is 196 Å². The molecule has 0 radical (unpaired) electrons. The smallest absolute Gasteiger partial charge is 0.244 e. The van der Waals surface area contributed by atoms with Crippen molar-refractivity contribution in [1.29, 1.82) is 0 Å². The molecular weight excluding hydrogens is 506 g/mol. The first-order chi connectivity index (χ1) is 14.6. The molecule has 1 N–H and O–H groups in total. The van der Waals surface area contributed by atoms with E-state index in [0.29, 0.717) is 21.6 Å². The van der Waals surface area contributed by atoms with Gasteiger partial charge in [-0.15, -0.1) is 0 Å². The van der Waals surface area contributed by atoms with Crippen molar-refractivity contribution in [3.05, 3.63) is 63.6 Å². The van der Waals surface area contributed by atoms with Crippen molar-refractivity contribution in [3.8, 4) is 0 Å².